The zero-order valence-corrected chi connectivity index (χ0v) is 20.2. The van der Waals surface area contributed by atoms with E-state index in [0.717, 1.165) is 58.4 Å². The lowest BCUT2D eigenvalue weighted by Gasteiger charge is -2.10. The van der Waals surface area contributed by atoms with Crippen molar-refractivity contribution in [2.75, 3.05) is 5.32 Å². The lowest BCUT2D eigenvalue weighted by molar-refractivity contribution is -0.112. The van der Waals surface area contributed by atoms with Crippen LogP contribution in [0.2, 0.25) is 0 Å². The zero-order chi connectivity index (χ0) is 22.8. The van der Waals surface area contributed by atoms with Crippen LogP contribution in [0.5, 0.6) is 0 Å². The summed E-state index contributed by atoms with van der Waals surface area (Å²) in [5, 5.41) is 22.7. The van der Waals surface area contributed by atoms with Gasteiger partial charge in [-0.25, -0.2) is 0 Å². The third-order valence-electron chi connectivity index (χ3n) is 5.73. The van der Waals surface area contributed by atoms with Crippen LogP contribution in [0.15, 0.2) is 40.4 Å². The maximum atomic E-state index is 12.9. The third kappa shape index (κ3) is 4.14. The molecule has 1 amide bonds. The highest BCUT2D eigenvalue weighted by atomic mass is 79.9. The molecule has 160 valence electrons. The van der Waals surface area contributed by atoms with E-state index in [4.69, 9.17) is 0 Å². The van der Waals surface area contributed by atoms with Crippen molar-refractivity contribution in [3.63, 3.8) is 0 Å². The molecule has 4 rings (SSSR count). The lowest BCUT2D eigenvalue weighted by atomic mass is 9.96. The summed E-state index contributed by atoms with van der Waals surface area (Å²) in [6.45, 7) is 3.96. The van der Waals surface area contributed by atoms with Crippen LogP contribution in [0.1, 0.15) is 45.8 Å². The van der Waals surface area contributed by atoms with E-state index in [9.17, 15) is 15.3 Å². The Bertz CT molecular complexity index is 1320. The smallest absolute Gasteiger partial charge is 0.266 e. The number of thiophene rings is 1. The molecule has 1 aliphatic carbocycles. The number of carbonyl (C=O) groups is 1. The fraction of sp³-hybridized carbons (Fsp3) is 0.240. The van der Waals surface area contributed by atoms with E-state index in [1.807, 2.05) is 50.2 Å². The molecule has 1 N–H and O–H groups in total. The largest absolute Gasteiger partial charge is 0.318 e. The fourth-order valence-corrected chi connectivity index (χ4v) is 5.67. The standard InChI is InChI=1S/C25H21BrN4OS/c1-15-11-17(16(2)30(15)20-9-7-19(26)8-10-20)12-18(13-27)24(31)29-25-22(14-28)21-5-3-4-6-23(21)32-25/h7-12H,3-6H2,1-2H3,(H,29,31)/b18-12-. The Morgan fingerprint density at radius 1 is 1.19 bits per heavy atom. The van der Waals surface area contributed by atoms with Crippen LogP contribution < -0.4 is 5.32 Å². The summed E-state index contributed by atoms with van der Waals surface area (Å²) in [5.74, 6) is -0.490. The van der Waals surface area contributed by atoms with Gasteiger partial charge in [0.2, 0.25) is 0 Å². The van der Waals surface area contributed by atoms with Crippen molar-refractivity contribution in [2.45, 2.75) is 39.5 Å². The van der Waals surface area contributed by atoms with Crippen molar-refractivity contribution >= 4 is 44.3 Å². The quantitative estimate of drug-likeness (QED) is 0.338. The summed E-state index contributed by atoms with van der Waals surface area (Å²) < 4.78 is 3.09. The summed E-state index contributed by atoms with van der Waals surface area (Å²) in [7, 11) is 0. The van der Waals surface area contributed by atoms with Crippen LogP contribution in [-0.2, 0) is 17.6 Å². The average molecular weight is 505 g/mol. The van der Waals surface area contributed by atoms with Crippen LogP contribution in [-0.4, -0.2) is 10.5 Å². The minimum atomic E-state index is -0.490. The van der Waals surface area contributed by atoms with Crippen molar-refractivity contribution in [3.8, 4) is 17.8 Å². The van der Waals surface area contributed by atoms with Gasteiger partial charge in [-0.15, -0.1) is 11.3 Å². The first kappa shape index (κ1) is 22.1. The van der Waals surface area contributed by atoms with Crippen LogP contribution >= 0.6 is 27.3 Å². The number of benzene rings is 1. The normalized spacial score (nSPS) is 13.2. The molecule has 0 aliphatic heterocycles. The predicted molar refractivity (Wildman–Crippen MR) is 131 cm³/mol. The van der Waals surface area contributed by atoms with Crippen LogP contribution in [0.25, 0.3) is 11.8 Å². The molecule has 0 fully saturated rings. The van der Waals surface area contributed by atoms with Crippen molar-refractivity contribution in [3.05, 3.63) is 73.3 Å². The number of rotatable bonds is 4. The summed E-state index contributed by atoms with van der Waals surface area (Å²) in [5.41, 5.74) is 5.37. The van der Waals surface area contributed by atoms with Crippen molar-refractivity contribution in [1.29, 1.82) is 10.5 Å². The first-order valence-corrected chi connectivity index (χ1v) is 12.0. The van der Waals surface area contributed by atoms with E-state index in [1.54, 1.807) is 6.08 Å². The van der Waals surface area contributed by atoms with Crippen molar-refractivity contribution in [1.82, 2.24) is 4.57 Å². The lowest BCUT2D eigenvalue weighted by Crippen LogP contribution is -2.13. The van der Waals surface area contributed by atoms with E-state index in [1.165, 1.54) is 16.2 Å². The van der Waals surface area contributed by atoms with Gasteiger partial charge < -0.3 is 9.88 Å². The molecule has 1 aromatic carbocycles. The molecular formula is C25H21BrN4OS. The molecule has 0 atom stereocenters. The Morgan fingerprint density at radius 2 is 1.91 bits per heavy atom. The molecule has 0 saturated carbocycles. The minimum absolute atomic E-state index is 0.0105. The first-order valence-electron chi connectivity index (χ1n) is 10.4. The number of aromatic nitrogens is 1. The van der Waals surface area contributed by atoms with Crippen molar-refractivity contribution in [2.24, 2.45) is 0 Å². The van der Waals surface area contributed by atoms with Crippen LogP contribution in [0.4, 0.5) is 5.00 Å². The van der Waals surface area contributed by atoms with Gasteiger partial charge in [0.05, 0.1) is 5.56 Å². The van der Waals surface area contributed by atoms with E-state index >= 15 is 0 Å². The van der Waals surface area contributed by atoms with Gasteiger partial charge in [0.15, 0.2) is 0 Å². The van der Waals surface area contributed by atoms with E-state index in [0.29, 0.717) is 10.6 Å². The predicted octanol–water partition coefficient (Wildman–Crippen LogP) is 6.21. The van der Waals surface area contributed by atoms with Crippen LogP contribution in [0, 0.1) is 36.5 Å². The number of fused-ring (bicyclic) bond motifs is 1. The molecule has 7 heteroatoms. The van der Waals surface area contributed by atoms with Gasteiger partial charge >= 0.3 is 0 Å². The molecule has 32 heavy (non-hydrogen) atoms. The number of nitrogens with one attached hydrogen (secondary N) is 1. The number of hydrogen-bond acceptors (Lipinski definition) is 4. The maximum Gasteiger partial charge on any atom is 0.266 e. The molecule has 2 aromatic heterocycles. The summed E-state index contributed by atoms with van der Waals surface area (Å²) in [6, 6.07) is 14.2. The van der Waals surface area contributed by atoms with E-state index < -0.39 is 5.91 Å². The molecule has 0 unspecified atom stereocenters. The number of anilines is 1. The van der Waals surface area contributed by atoms with Crippen LogP contribution in [0.3, 0.4) is 0 Å². The Balaban J connectivity index is 1.64. The van der Waals surface area contributed by atoms with Gasteiger partial charge in [0.1, 0.15) is 22.7 Å². The molecule has 5 nitrogen and oxygen atoms in total. The SMILES string of the molecule is Cc1cc(/C=C(/C#N)C(=O)Nc2sc3c(c2C#N)CCCC3)c(C)n1-c1ccc(Br)cc1. The molecule has 3 aromatic rings. The van der Waals surface area contributed by atoms with Gasteiger partial charge in [0, 0.05) is 26.4 Å². The maximum absolute atomic E-state index is 12.9. The molecule has 1 aliphatic rings. The van der Waals surface area contributed by atoms with Gasteiger partial charge in [-0.05, 0) is 87.1 Å². The minimum Gasteiger partial charge on any atom is -0.318 e. The van der Waals surface area contributed by atoms with Crippen molar-refractivity contribution < 1.29 is 4.79 Å². The highest BCUT2D eigenvalue weighted by molar-refractivity contribution is 9.10. The summed E-state index contributed by atoms with van der Waals surface area (Å²) in [6.07, 6.45) is 5.58. The fourth-order valence-electron chi connectivity index (χ4n) is 4.17. The second kappa shape index (κ2) is 9.16. The topological polar surface area (TPSA) is 81.6 Å². The second-order valence-electron chi connectivity index (χ2n) is 7.79. The monoisotopic (exact) mass is 504 g/mol. The van der Waals surface area contributed by atoms with E-state index in [-0.39, 0.29) is 5.57 Å². The van der Waals surface area contributed by atoms with Gasteiger partial charge in [-0.1, -0.05) is 15.9 Å². The number of carbonyl (C=O) groups excluding carboxylic acids is 1. The average Bonchev–Trinajstić information content (AvgIpc) is 3.28. The number of hydrogen-bond donors (Lipinski definition) is 1. The molecule has 0 saturated heterocycles. The summed E-state index contributed by atoms with van der Waals surface area (Å²) >= 11 is 4.91. The highest BCUT2D eigenvalue weighted by Crippen LogP contribution is 2.37. The molecule has 2 heterocycles. The Kier molecular flexibility index (Phi) is 6.32. The van der Waals surface area contributed by atoms with Gasteiger partial charge in [0.25, 0.3) is 5.91 Å². The zero-order valence-electron chi connectivity index (χ0n) is 17.8. The number of aryl methyl sites for hydroxylation is 2. The van der Waals surface area contributed by atoms with Gasteiger partial charge in [-0.2, -0.15) is 10.5 Å². The number of halogens is 1. The second-order valence-corrected chi connectivity index (χ2v) is 9.81. The Hall–Kier alpha value is -3.13. The highest BCUT2D eigenvalue weighted by Gasteiger charge is 2.23. The summed E-state index contributed by atoms with van der Waals surface area (Å²) in [4.78, 5) is 14.1. The number of nitrogens with zero attached hydrogens (tertiary/aromatic N) is 3. The van der Waals surface area contributed by atoms with E-state index in [2.05, 4.69) is 31.9 Å². The van der Waals surface area contributed by atoms with Gasteiger partial charge in [-0.3, -0.25) is 4.79 Å². The molecule has 0 bridgehead atoms. The Morgan fingerprint density at radius 3 is 2.59 bits per heavy atom. The molecule has 0 spiro atoms. The number of nitriles is 2. The molecular weight excluding hydrogens is 484 g/mol. The Labute approximate surface area is 199 Å². The third-order valence-corrected chi connectivity index (χ3v) is 7.47. The number of amides is 1. The first-order chi connectivity index (χ1) is 15.4. The molecule has 0 radical (unpaired) electrons.